The molecule has 1 unspecified atom stereocenters. The zero-order valence-corrected chi connectivity index (χ0v) is 19.5. The monoisotopic (exact) mass is 448 g/mol. The Labute approximate surface area is 187 Å². The third-order valence-electron chi connectivity index (χ3n) is 7.15. The molecule has 7 heteroatoms. The summed E-state index contributed by atoms with van der Waals surface area (Å²) in [5.74, 6) is 0.394. The summed E-state index contributed by atoms with van der Waals surface area (Å²) in [6.07, 6.45) is 7.49. The van der Waals surface area contributed by atoms with Crippen LogP contribution in [0.25, 0.3) is 0 Å². The molecule has 3 fully saturated rings. The maximum atomic E-state index is 12.7. The largest absolute Gasteiger partial charge is 0.375 e. The van der Waals surface area contributed by atoms with Crippen molar-refractivity contribution in [3.05, 3.63) is 35.9 Å². The van der Waals surface area contributed by atoms with E-state index in [1.807, 2.05) is 27.4 Å². The van der Waals surface area contributed by atoms with Gasteiger partial charge in [-0.3, -0.25) is 4.79 Å². The lowest BCUT2D eigenvalue weighted by molar-refractivity contribution is -0.147. The fourth-order valence-corrected chi connectivity index (χ4v) is 6.81. The predicted molar refractivity (Wildman–Crippen MR) is 121 cm³/mol. The highest BCUT2D eigenvalue weighted by molar-refractivity contribution is 7.89. The van der Waals surface area contributed by atoms with Gasteiger partial charge in [0.1, 0.15) is 0 Å². The Bertz CT molecular complexity index is 846. The Kier molecular flexibility index (Phi) is 7.04. The number of likely N-dealkylation sites (tertiary alicyclic amines) is 1. The lowest BCUT2D eigenvalue weighted by Gasteiger charge is -2.48. The van der Waals surface area contributed by atoms with Gasteiger partial charge in [0.25, 0.3) is 0 Å². The van der Waals surface area contributed by atoms with E-state index in [0.29, 0.717) is 26.1 Å². The number of nitrogens with zero attached hydrogens (tertiary/aromatic N) is 2. The Morgan fingerprint density at radius 2 is 1.84 bits per heavy atom. The average molecular weight is 449 g/mol. The minimum Gasteiger partial charge on any atom is -0.375 e. The second-order valence-corrected chi connectivity index (χ2v) is 11.5. The summed E-state index contributed by atoms with van der Waals surface area (Å²) in [5.41, 5.74) is 0.997. The van der Waals surface area contributed by atoms with Crippen LogP contribution in [0.15, 0.2) is 30.3 Å². The number of rotatable bonds is 8. The molecule has 0 radical (unpaired) electrons. The summed E-state index contributed by atoms with van der Waals surface area (Å²) in [6, 6.07) is 10.5. The molecule has 3 aliphatic rings. The molecule has 4 rings (SSSR count). The maximum Gasteiger partial charge on any atom is 0.222 e. The van der Waals surface area contributed by atoms with E-state index in [9.17, 15) is 13.2 Å². The third-order valence-corrected chi connectivity index (χ3v) is 9.11. The van der Waals surface area contributed by atoms with Crippen LogP contribution in [0.3, 0.4) is 0 Å². The average Bonchev–Trinajstić information content (AvgIpc) is 3.60. The van der Waals surface area contributed by atoms with Crippen molar-refractivity contribution in [2.24, 2.45) is 0 Å². The van der Waals surface area contributed by atoms with Crippen LogP contribution in [0.4, 0.5) is 0 Å². The molecule has 1 aromatic rings. The van der Waals surface area contributed by atoms with Gasteiger partial charge in [0.2, 0.25) is 15.9 Å². The molecule has 1 spiro atoms. The Hall–Kier alpha value is -1.44. The van der Waals surface area contributed by atoms with Crippen molar-refractivity contribution in [3.8, 4) is 0 Å². The lowest BCUT2D eigenvalue weighted by atomic mass is 9.82. The topological polar surface area (TPSA) is 66.9 Å². The first-order valence-corrected chi connectivity index (χ1v) is 13.5. The number of carbonyl (C=O) groups excluding carboxylic acids is 1. The Morgan fingerprint density at radius 1 is 1.13 bits per heavy atom. The van der Waals surface area contributed by atoms with E-state index in [-0.39, 0.29) is 29.3 Å². The zero-order valence-electron chi connectivity index (χ0n) is 18.7. The van der Waals surface area contributed by atoms with Crippen molar-refractivity contribution in [1.82, 2.24) is 9.21 Å². The first kappa shape index (κ1) is 22.7. The Balaban J connectivity index is 1.29. The molecule has 1 saturated carbocycles. The van der Waals surface area contributed by atoms with Gasteiger partial charge in [0, 0.05) is 38.2 Å². The first-order valence-electron chi connectivity index (χ1n) is 11.9. The van der Waals surface area contributed by atoms with E-state index in [1.54, 1.807) is 6.92 Å². The lowest BCUT2D eigenvalue weighted by Crippen LogP contribution is -2.56. The quantitative estimate of drug-likeness (QED) is 0.612. The molecule has 0 bridgehead atoms. The van der Waals surface area contributed by atoms with Crippen LogP contribution < -0.4 is 0 Å². The van der Waals surface area contributed by atoms with E-state index in [1.165, 1.54) is 5.56 Å². The van der Waals surface area contributed by atoms with Crippen molar-refractivity contribution in [3.63, 3.8) is 0 Å². The third kappa shape index (κ3) is 5.49. The number of hydrogen-bond donors (Lipinski definition) is 0. The highest BCUT2D eigenvalue weighted by atomic mass is 32.2. The van der Waals surface area contributed by atoms with Crippen LogP contribution in [0.5, 0.6) is 0 Å². The van der Waals surface area contributed by atoms with Gasteiger partial charge in [-0.1, -0.05) is 30.3 Å². The number of ether oxygens (including phenoxy) is 1. The molecule has 0 aromatic heterocycles. The van der Waals surface area contributed by atoms with Gasteiger partial charge >= 0.3 is 0 Å². The van der Waals surface area contributed by atoms with E-state index in [2.05, 4.69) is 12.1 Å². The molecule has 2 heterocycles. The fourth-order valence-electron chi connectivity index (χ4n) is 5.21. The van der Waals surface area contributed by atoms with E-state index < -0.39 is 10.0 Å². The molecule has 2 aliphatic heterocycles. The molecule has 172 valence electrons. The van der Waals surface area contributed by atoms with Crippen molar-refractivity contribution in [2.75, 3.05) is 25.4 Å². The van der Waals surface area contributed by atoms with Gasteiger partial charge in [-0.25, -0.2) is 8.42 Å². The normalized spacial score (nSPS) is 23.9. The minimum absolute atomic E-state index is 0.0410. The molecule has 1 aliphatic carbocycles. The molecule has 2 saturated heterocycles. The molecule has 0 N–H and O–H groups in total. The number of amides is 1. The molecule has 1 amide bonds. The Morgan fingerprint density at radius 3 is 2.48 bits per heavy atom. The molecule has 1 aromatic carbocycles. The van der Waals surface area contributed by atoms with E-state index in [0.717, 1.165) is 51.4 Å². The van der Waals surface area contributed by atoms with Gasteiger partial charge < -0.3 is 9.64 Å². The minimum atomic E-state index is -3.20. The SMILES string of the molecule is CCS(=O)(=O)N(C1CC1)C1CCOC2(CCN(C(=O)CCCc3ccccc3)CC2)C1. The summed E-state index contributed by atoms with van der Waals surface area (Å²) >= 11 is 0. The van der Waals surface area contributed by atoms with Crippen LogP contribution in [0.2, 0.25) is 0 Å². The van der Waals surface area contributed by atoms with Crippen LogP contribution in [0.1, 0.15) is 63.9 Å². The maximum absolute atomic E-state index is 12.7. The number of benzene rings is 1. The highest BCUT2D eigenvalue weighted by Crippen LogP contribution is 2.41. The number of sulfonamides is 1. The molecule has 31 heavy (non-hydrogen) atoms. The molecular weight excluding hydrogens is 412 g/mol. The first-order chi connectivity index (χ1) is 14.9. The van der Waals surface area contributed by atoms with Gasteiger partial charge in [-0.15, -0.1) is 0 Å². The van der Waals surface area contributed by atoms with E-state index in [4.69, 9.17) is 4.74 Å². The van der Waals surface area contributed by atoms with Gasteiger partial charge in [0.15, 0.2) is 0 Å². The number of piperidine rings is 1. The summed E-state index contributed by atoms with van der Waals surface area (Å²) in [5, 5.41) is 0. The number of aryl methyl sites for hydroxylation is 1. The second-order valence-electron chi connectivity index (χ2n) is 9.36. The van der Waals surface area contributed by atoms with Gasteiger partial charge in [-0.05, 0) is 63.9 Å². The molecule has 1 atom stereocenters. The van der Waals surface area contributed by atoms with E-state index >= 15 is 0 Å². The summed E-state index contributed by atoms with van der Waals surface area (Å²) < 4.78 is 33.5. The number of carbonyl (C=O) groups is 1. The molecule has 6 nitrogen and oxygen atoms in total. The van der Waals surface area contributed by atoms with Crippen LogP contribution in [0, 0.1) is 0 Å². The van der Waals surface area contributed by atoms with Crippen molar-refractivity contribution in [1.29, 1.82) is 0 Å². The van der Waals surface area contributed by atoms with Crippen LogP contribution in [-0.2, 0) is 26.0 Å². The molecular formula is C24H36N2O4S. The second kappa shape index (κ2) is 9.59. The smallest absolute Gasteiger partial charge is 0.222 e. The van der Waals surface area contributed by atoms with Gasteiger partial charge in [0.05, 0.1) is 11.4 Å². The van der Waals surface area contributed by atoms with Gasteiger partial charge in [-0.2, -0.15) is 4.31 Å². The van der Waals surface area contributed by atoms with Crippen molar-refractivity contribution in [2.45, 2.75) is 82.4 Å². The van der Waals surface area contributed by atoms with Crippen molar-refractivity contribution < 1.29 is 17.9 Å². The number of hydrogen-bond acceptors (Lipinski definition) is 4. The fraction of sp³-hybridized carbons (Fsp3) is 0.708. The van der Waals surface area contributed by atoms with Crippen molar-refractivity contribution >= 4 is 15.9 Å². The standard InChI is InChI=1S/C24H36N2O4S/c1-2-31(28,29)26(21-11-12-21)22-13-18-30-24(19-22)14-16-25(17-15-24)23(27)10-6-9-20-7-4-3-5-8-20/h3-5,7-8,21-22H,2,6,9-19H2,1H3. The van der Waals surface area contributed by atoms with Crippen LogP contribution in [-0.4, -0.2) is 66.7 Å². The zero-order chi connectivity index (χ0) is 21.9. The van der Waals surface area contributed by atoms with Crippen LogP contribution >= 0.6 is 0 Å². The summed E-state index contributed by atoms with van der Waals surface area (Å²) in [6.45, 7) is 3.77. The summed E-state index contributed by atoms with van der Waals surface area (Å²) in [7, 11) is -3.20. The summed E-state index contributed by atoms with van der Waals surface area (Å²) in [4.78, 5) is 14.7. The highest BCUT2D eigenvalue weighted by Gasteiger charge is 2.48. The predicted octanol–water partition coefficient (Wildman–Crippen LogP) is 3.36.